The number of thiophene rings is 3. The number of Topliss-reactive ketones (excluding diaryl/α,β-unsaturated/α-hetero) is 3. The molecule has 0 aliphatic carbocycles. The number of aromatic carboxylic acids is 1. The molecule has 0 spiro atoms. The zero-order valence-electron chi connectivity index (χ0n) is 55.5. The Morgan fingerprint density at radius 3 is 1.23 bits per heavy atom. The smallest absolute Gasteiger partial charge is 0.342 e. The molecular formula is C71H66ClF3N10O12S3. The predicted octanol–water partition coefficient (Wildman–Crippen LogP) is 15.1. The van der Waals surface area contributed by atoms with E-state index < -0.39 is 63.4 Å². The second-order valence-corrected chi connectivity index (χ2v) is 26.6. The maximum atomic E-state index is 13.4. The zero-order valence-corrected chi connectivity index (χ0v) is 58.7. The first-order chi connectivity index (χ1) is 47.1. The number of aromatic nitrogens is 8. The van der Waals surface area contributed by atoms with Crippen molar-refractivity contribution >= 4 is 97.1 Å². The second-order valence-electron chi connectivity index (χ2n) is 23.4. The van der Waals surface area contributed by atoms with Crippen LogP contribution in [0, 0.1) is 28.8 Å². The molecule has 29 heteroatoms. The summed E-state index contributed by atoms with van der Waals surface area (Å²) in [5.74, 6) is -4.69. The Labute approximate surface area is 590 Å². The standard InChI is InChI=1S/C21H19FN2O3S.C17H11FN2O3S.C13H15N3O2S.C7H4ClFO.C7H11NO2.C6H6N2O/c1-21(2,3)27-20(26)19-15(16-11-23-7-8-24-16)12-28-18(19)10-17(25)13-5-4-6-14(22)9-13;18-11-3-1-2-10(6-11)14(21)7-15-16(17(22)23)12(9-24-15)13-8-19-4-5-20-13;1-13(2,3)18-12(17)10-8(7-19-11(10)14)9-6-15-4-5-16-9;8-7(10)5-2-1-3-6(9)4-5;1-7(2,3)10-6(9)4-5-8;1-5(9)6-4-7-2-3-8-6/h4-9,11-12H,10H2,1-3H3;1-6,8-9H,7H2,(H,22,23);4-7H,14H2,1-3H3;1-4H;4H2,1-3H3;2-4H,1H3. The molecule has 0 saturated carbocycles. The highest BCUT2D eigenvalue weighted by Gasteiger charge is 2.29. The van der Waals surface area contributed by atoms with E-state index in [1.807, 2.05) is 20.8 Å². The predicted molar refractivity (Wildman–Crippen MR) is 371 cm³/mol. The molecule has 3 N–H and O–H groups in total. The third-order valence-electron chi connectivity index (χ3n) is 12.0. The minimum Gasteiger partial charge on any atom is -0.478 e. The molecule has 10 rings (SSSR count). The minimum absolute atomic E-state index is 0.0326. The summed E-state index contributed by atoms with van der Waals surface area (Å²) in [4.78, 5) is 126. The van der Waals surface area contributed by atoms with Gasteiger partial charge in [0.25, 0.3) is 5.24 Å². The first kappa shape index (κ1) is 79.7. The number of nitriles is 1. The van der Waals surface area contributed by atoms with E-state index in [4.69, 9.17) is 36.8 Å². The molecule has 0 unspecified atom stereocenters. The molecule has 518 valence electrons. The van der Waals surface area contributed by atoms with Gasteiger partial charge in [0.15, 0.2) is 17.3 Å². The molecule has 0 atom stereocenters. The fourth-order valence-electron chi connectivity index (χ4n) is 7.99. The molecule has 7 aromatic heterocycles. The number of hydrogen-bond donors (Lipinski definition) is 2. The van der Waals surface area contributed by atoms with Gasteiger partial charge < -0.3 is 25.1 Å². The van der Waals surface area contributed by atoms with Gasteiger partial charge in [0.1, 0.15) is 56.9 Å². The van der Waals surface area contributed by atoms with E-state index in [2.05, 4.69) is 39.9 Å². The van der Waals surface area contributed by atoms with Gasteiger partial charge in [0.05, 0.1) is 59.1 Å². The van der Waals surface area contributed by atoms with E-state index in [0.29, 0.717) is 65.3 Å². The third-order valence-corrected chi connectivity index (χ3v) is 15.0. The Bertz CT molecular complexity index is 4500. The van der Waals surface area contributed by atoms with E-state index in [0.717, 1.165) is 23.5 Å². The molecule has 0 saturated heterocycles. The molecule has 3 aromatic carbocycles. The Hall–Kier alpha value is -11.0. The van der Waals surface area contributed by atoms with Crippen molar-refractivity contribution in [2.24, 2.45) is 0 Å². The molecule has 22 nitrogen and oxygen atoms in total. The number of nitrogens with zero attached hydrogens (tertiary/aromatic N) is 9. The number of rotatable bonds is 15. The maximum Gasteiger partial charge on any atom is 0.342 e. The van der Waals surface area contributed by atoms with E-state index in [1.54, 1.807) is 94.6 Å². The van der Waals surface area contributed by atoms with Crippen molar-refractivity contribution in [2.45, 2.75) is 105 Å². The van der Waals surface area contributed by atoms with Crippen molar-refractivity contribution in [2.75, 3.05) is 5.73 Å². The number of ketones is 3. The van der Waals surface area contributed by atoms with Crippen LogP contribution in [-0.2, 0) is 31.8 Å². The van der Waals surface area contributed by atoms with Gasteiger partial charge in [-0.05, 0) is 116 Å². The van der Waals surface area contributed by atoms with E-state index in [9.17, 15) is 56.6 Å². The molecule has 7 heterocycles. The highest BCUT2D eigenvalue weighted by molar-refractivity contribution is 7.15. The van der Waals surface area contributed by atoms with E-state index in [-0.39, 0.29) is 58.9 Å². The Kier molecular flexibility index (Phi) is 30.0. The largest absolute Gasteiger partial charge is 0.478 e. The lowest BCUT2D eigenvalue weighted by Crippen LogP contribution is -2.24. The fraction of sp³-hybridized carbons (Fsp3) is 0.225. The lowest BCUT2D eigenvalue weighted by molar-refractivity contribution is -0.153. The second kappa shape index (κ2) is 37.7. The van der Waals surface area contributed by atoms with Crippen molar-refractivity contribution in [3.63, 3.8) is 0 Å². The number of esters is 3. The quantitative estimate of drug-likeness (QED) is 0.0417. The van der Waals surface area contributed by atoms with Crippen molar-refractivity contribution in [1.29, 1.82) is 5.26 Å². The number of carboxylic acids is 1. The first-order valence-corrected chi connectivity index (χ1v) is 32.6. The van der Waals surface area contributed by atoms with Gasteiger partial charge in [0.2, 0.25) is 0 Å². The van der Waals surface area contributed by atoms with E-state index in [1.165, 1.54) is 134 Å². The van der Waals surface area contributed by atoms with Gasteiger partial charge >= 0.3 is 23.9 Å². The highest BCUT2D eigenvalue weighted by atomic mass is 35.5. The normalized spacial score (nSPS) is 10.6. The van der Waals surface area contributed by atoms with Crippen molar-refractivity contribution in [1.82, 2.24) is 39.9 Å². The number of nitrogens with two attached hydrogens (primary N) is 1. The van der Waals surface area contributed by atoms with Gasteiger partial charge in [-0.25, -0.2) is 32.5 Å². The maximum absolute atomic E-state index is 13.4. The van der Waals surface area contributed by atoms with Crippen LogP contribution in [0.4, 0.5) is 18.2 Å². The summed E-state index contributed by atoms with van der Waals surface area (Å²) in [6.45, 7) is 17.5. The molecule has 0 aliphatic heterocycles. The number of ether oxygens (including phenoxy) is 3. The summed E-state index contributed by atoms with van der Waals surface area (Å²) in [6.07, 6.45) is 17.9. The van der Waals surface area contributed by atoms with Gasteiger partial charge in [-0.15, -0.1) is 34.0 Å². The average molecular weight is 1440 g/mol. The molecule has 0 bridgehead atoms. The highest BCUT2D eigenvalue weighted by Crippen LogP contribution is 2.36. The number of carbonyl (C=O) groups excluding carboxylic acids is 7. The van der Waals surface area contributed by atoms with Crippen LogP contribution < -0.4 is 5.73 Å². The van der Waals surface area contributed by atoms with Crippen molar-refractivity contribution in [3.8, 4) is 39.8 Å². The number of carboxylic acid groups (broad SMARTS) is 1. The fourth-order valence-corrected chi connectivity index (χ4v) is 11.0. The number of benzene rings is 3. The lowest BCUT2D eigenvalue weighted by atomic mass is 10.0. The molecule has 100 heavy (non-hydrogen) atoms. The van der Waals surface area contributed by atoms with E-state index >= 15 is 0 Å². The van der Waals surface area contributed by atoms with Gasteiger partial charge in [-0.1, -0.05) is 30.3 Å². The lowest BCUT2D eigenvalue weighted by Gasteiger charge is -2.20. The number of halogens is 4. The summed E-state index contributed by atoms with van der Waals surface area (Å²) in [6, 6.07) is 17.8. The minimum atomic E-state index is -1.14. The molecule has 0 fully saturated rings. The van der Waals surface area contributed by atoms with Crippen LogP contribution in [0.15, 0.2) is 163 Å². The molecule has 10 aromatic rings. The van der Waals surface area contributed by atoms with Crippen LogP contribution in [0.3, 0.4) is 0 Å². The van der Waals surface area contributed by atoms with Crippen LogP contribution in [0.1, 0.15) is 158 Å². The summed E-state index contributed by atoms with van der Waals surface area (Å²) in [7, 11) is 0. The first-order valence-electron chi connectivity index (χ1n) is 29.6. The summed E-state index contributed by atoms with van der Waals surface area (Å²) in [5.41, 5.74) is 9.08. The van der Waals surface area contributed by atoms with Crippen LogP contribution in [0.2, 0.25) is 0 Å². The Morgan fingerprint density at radius 2 is 0.890 bits per heavy atom. The zero-order chi connectivity index (χ0) is 73.9. The summed E-state index contributed by atoms with van der Waals surface area (Å²) in [5, 5.41) is 22.6. The molecule has 0 amide bonds. The van der Waals surface area contributed by atoms with Gasteiger partial charge in [0, 0.05) is 129 Å². The molecule has 0 radical (unpaired) electrons. The number of anilines is 1. The number of nitrogen functional groups attached to an aromatic ring is 1. The van der Waals surface area contributed by atoms with Gasteiger partial charge in [-0.2, -0.15) is 5.26 Å². The van der Waals surface area contributed by atoms with Gasteiger partial charge in [-0.3, -0.25) is 58.9 Å². The molecule has 0 aliphatic rings. The monoisotopic (exact) mass is 1440 g/mol. The summed E-state index contributed by atoms with van der Waals surface area (Å²) < 4.78 is 54.7. The third kappa shape index (κ3) is 26.4. The average Bonchev–Trinajstić information content (AvgIpc) is 1.66. The van der Waals surface area contributed by atoms with Crippen LogP contribution >= 0.6 is 45.6 Å². The van der Waals surface area contributed by atoms with Crippen LogP contribution in [0.25, 0.3) is 33.8 Å². The Balaban J connectivity index is 0.000000228. The van der Waals surface area contributed by atoms with Crippen molar-refractivity contribution in [3.05, 3.63) is 230 Å². The SMILES string of the molecule is CC(=O)c1cnccn1.CC(C)(C)OC(=O)CC#N.CC(C)(C)OC(=O)c1c(-c2cnccn2)csc1CC(=O)c1cccc(F)c1.CC(C)(C)OC(=O)c1c(-c2cnccn2)csc1N.O=C(Cc1scc(-c2cnccn2)c1C(=O)O)c1cccc(F)c1.O=C(Cl)c1cccc(F)c1. The topological polar surface area (TPSA) is 337 Å². The number of carbonyl (C=O) groups is 8. The van der Waals surface area contributed by atoms with Crippen LogP contribution in [-0.4, -0.2) is 108 Å². The number of hydrogen-bond acceptors (Lipinski definition) is 24. The van der Waals surface area contributed by atoms with Crippen LogP contribution in [0.5, 0.6) is 0 Å². The Morgan fingerprint density at radius 1 is 0.520 bits per heavy atom. The molecular weight excluding hydrogens is 1370 g/mol. The summed E-state index contributed by atoms with van der Waals surface area (Å²) >= 11 is 8.79. The van der Waals surface area contributed by atoms with Crippen molar-refractivity contribution < 1.29 is 70.8 Å².